The van der Waals surface area contributed by atoms with E-state index in [2.05, 4.69) is 4.98 Å². The lowest BCUT2D eigenvalue weighted by atomic mass is 10.4. The molecule has 0 radical (unpaired) electrons. The van der Waals surface area contributed by atoms with Crippen LogP contribution in [0, 0.1) is 0 Å². The highest BCUT2D eigenvalue weighted by molar-refractivity contribution is 6.66. The molecule has 0 aliphatic carbocycles. The van der Waals surface area contributed by atoms with Gasteiger partial charge in [-0.25, -0.2) is 0 Å². The molecule has 0 bridgehead atoms. The summed E-state index contributed by atoms with van der Waals surface area (Å²) in [7, 11) is 0. The van der Waals surface area contributed by atoms with Crippen molar-refractivity contribution >= 4 is 34.8 Å². The second kappa shape index (κ2) is 5.53. The minimum Gasteiger partial charge on any atom is -0.361 e. The summed E-state index contributed by atoms with van der Waals surface area (Å²) in [6, 6.07) is 2.59. The highest BCUT2D eigenvalue weighted by Crippen LogP contribution is 2.35. The van der Waals surface area contributed by atoms with Crippen LogP contribution in [0.25, 0.3) is 0 Å². The standard InChI is InChI=1S/C6H4Cl3NO.C2H6/c7-6(8,9)5-3-4(11)1-2-10-5;1-2/h1-3H,(H,10,11);1-2H3. The SMILES string of the molecule is CC.O=c1cc[nH]c(C(Cl)(Cl)Cl)c1. The van der Waals surface area contributed by atoms with Gasteiger partial charge < -0.3 is 4.98 Å². The number of aromatic amines is 1. The molecule has 1 aromatic rings. The predicted molar refractivity (Wildman–Crippen MR) is 57.6 cm³/mol. The number of alkyl halides is 3. The fourth-order valence-electron chi connectivity index (χ4n) is 0.609. The van der Waals surface area contributed by atoms with Gasteiger partial charge in [-0.15, -0.1) is 0 Å². The Balaban J connectivity index is 0.000000671. The number of aromatic nitrogens is 1. The van der Waals surface area contributed by atoms with Gasteiger partial charge in [-0.1, -0.05) is 48.7 Å². The lowest BCUT2D eigenvalue weighted by molar-refractivity contribution is 1.08. The summed E-state index contributed by atoms with van der Waals surface area (Å²) in [5.41, 5.74) is 0.0834. The van der Waals surface area contributed by atoms with Gasteiger partial charge in [0.2, 0.25) is 3.79 Å². The molecule has 0 saturated carbocycles. The van der Waals surface area contributed by atoms with E-state index in [4.69, 9.17) is 34.8 Å². The van der Waals surface area contributed by atoms with Crippen LogP contribution in [0.5, 0.6) is 0 Å². The molecule has 0 amide bonds. The van der Waals surface area contributed by atoms with Crippen LogP contribution >= 0.6 is 34.8 Å². The second-order valence-electron chi connectivity index (χ2n) is 1.94. The number of rotatable bonds is 0. The zero-order valence-corrected chi connectivity index (χ0v) is 9.54. The quantitative estimate of drug-likeness (QED) is 0.696. The highest BCUT2D eigenvalue weighted by Gasteiger charge is 2.23. The summed E-state index contributed by atoms with van der Waals surface area (Å²) in [6.07, 6.45) is 1.43. The van der Waals surface area contributed by atoms with Gasteiger partial charge in [0.05, 0.1) is 5.69 Å². The normalized spacial score (nSPS) is 10.2. The fraction of sp³-hybridized carbons (Fsp3) is 0.375. The van der Waals surface area contributed by atoms with Gasteiger partial charge in [-0.3, -0.25) is 4.79 Å². The molecule has 13 heavy (non-hydrogen) atoms. The molecule has 1 rings (SSSR count). The molecule has 0 fully saturated rings. The van der Waals surface area contributed by atoms with E-state index < -0.39 is 3.79 Å². The van der Waals surface area contributed by atoms with Crippen molar-refractivity contribution in [2.75, 3.05) is 0 Å². The zero-order valence-electron chi connectivity index (χ0n) is 7.27. The largest absolute Gasteiger partial charge is 0.361 e. The van der Waals surface area contributed by atoms with Gasteiger partial charge in [0, 0.05) is 18.3 Å². The van der Waals surface area contributed by atoms with Gasteiger partial charge in [0.1, 0.15) is 0 Å². The number of halogens is 3. The van der Waals surface area contributed by atoms with Gasteiger partial charge >= 0.3 is 0 Å². The summed E-state index contributed by atoms with van der Waals surface area (Å²) in [5, 5.41) is 0. The van der Waals surface area contributed by atoms with Gasteiger partial charge in [0.25, 0.3) is 0 Å². The van der Waals surface area contributed by atoms with Crippen LogP contribution in [0.2, 0.25) is 0 Å². The molecular formula is C8H10Cl3NO. The molecule has 0 aromatic carbocycles. The van der Waals surface area contributed by atoms with E-state index in [9.17, 15) is 4.79 Å². The molecule has 0 unspecified atom stereocenters. The van der Waals surface area contributed by atoms with E-state index in [-0.39, 0.29) is 11.1 Å². The number of H-pyrrole nitrogens is 1. The van der Waals surface area contributed by atoms with Crippen molar-refractivity contribution < 1.29 is 0 Å². The van der Waals surface area contributed by atoms with Crippen molar-refractivity contribution in [2.45, 2.75) is 17.6 Å². The lowest BCUT2D eigenvalue weighted by Gasteiger charge is -2.08. The summed E-state index contributed by atoms with van der Waals surface area (Å²) >= 11 is 16.5. The Morgan fingerprint density at radius 2 is 1.85 bits per heavy atom. The fourth-order valence-corrected chi connectivity index (χ4v) is 0.937. The minimum atomic E-state index is -1.56. The Kier molecular flexibility index (Phi) is 5.45. The molecule has 0 saturated heterocycles. The van der Waals surface area contributed by atoms with Crippen LogP contribution in [0.1, 0.15) is 19.5 Å². The van der Waals surface area contributed by atoms with E-state index in [1.807, 2.05) is 13.8 Å². The molecule has 1 N–H and O–H groups in total. The first-order chi connectivity index (χ1) is 6.00. The molecule has 0 atom stereocenters. The summed E-state index contributed by atoms with van der Waals surface area (Å²) in [5.74, 6) is 0. The van der Waals surface area contributed by atoms with Gasteiger partial charge in [-0.2, -0.15) is 0 Å². The number of pyridine rings is 1. The Morgan fingerprint density at radius 3 is 2.15 bits per heavy atom. The van der Waals surface area contributed by atoms with Crippen LogP contribution in [0.15, 0.2) is 23.1 Å². The lowest BCUT2D eigenvalue weighted by Crippen LogP contribution is -2.08. The molecule has 74 valence electrons. The molecule has 0 aliphatic rings. The molecule has 5 heteroatoms. The summed E-state index contributed by atoms with van der Waals surface area (Å²) < 4.78 is -1.56. The zero-order chi connectivity index (χ0) is 10.5. The van der Waals surface area contributed by atoms with Crippen molar-refractivity contribution in [2.24, 2.45) is 0 Å². The molecule has 1 heterocycles. The number of hydrogen-bond donors (Lipinski definition) is 1. The molecule has 0 aliphatic heterocycles. The van der Waals surface area contributed by atoms with Gasteiger partial charge in [-0.05, 0) is 0 Å². The second-order valence-corrected chi connectivity index (χ2v) is 4.22. The topological polar surface area (TPSA) is 32.9 Å². The maximum atomic E-state index is 10.7. The van der Waals surface area contributed by atoms with Crippen LogP contribution in [0.4, 0.5) is 0 Å². The predicted octanol–water partition coefficient (Wildman–Crippen LogP) is 3.23. The van der Waals surface area contributed by atoms with Crippen molar-refractivity contribution in [1.29, 1.82) is 0 Å². The first kappa shape index (κ1) is 12.8. The van der Waals surface area contributed by atoms with Crippen LogP contribution in [-0.2, 0) is 3.79 Å². The molecular weight excluding hydrogens is 232 g/mol. The first-order valence-electron chi connectivity index (χ1n) is 3.76. The Labute approximate surface area is 91.8 Å². The highest BCUT2D eigenvalue weighted by atomic mass is 35.6. The maximum Gasteiger partial charge on any atom is 0.230 e. The van der Waals surface area contributed by atoms with Crippen molar-refractivity contribution in [1.82, 2.24) is 4.98 Å². The average molecular weight is 243 g/mol. The molecule has 1 aromatic heterocycles. The van der Waals surface area contributed by atoms with Crippen molar-refractivity contribution in [3.63, 3.8) is 0 Å². The third kappa shape index (κ3) is 4.55. The van der Waals surface area contributed by atoms with Gasteiger partial charge in [0.15, 0.2) is 5.43 Å². The Hall–Kier alpha value is -0.180. The van der Waals surface area contributed by atoms with E-state index in [0.717, 1.165) is 0 Å². The first-order valence-corrected chi connectivity index (χ1v) is 4.89. The summed E-state index contributed by atoms with van der Waals surface area (Å²) in [4.78, 5) is 13.4. The van der Waals surface area contributed by atoms with Crippen molar-refractivity contribution in [3.8, 4) is 0 Å². The third-order valence-corrected chi connectivity index (χ3v) is 1.69. The molecule has 2 nitrogen and oxygen atoms in total. The smallest absolute Gasteiger partial charge is 0.230 e. The van der Waals surface area contributed by atoms with Crippen LogP contribution in [0.3, 0.4) is 0 Å². The minimum absolute atomic E-state index is 0.190. The number of nitrogens with one attached hydrogen (secondary N) is 1. The van der Waals surface area contributed by atoms with Crippen molar-refractivity contribution in [3.05, 3.63) is 34.2 Å². The molecule has 0 spiro atoms. The Bertz CT molecular complexity index is 303. The third-order valence-electron chi connectivity index (χ3n) is 1.08. The van der Waals surface area contributed by atoms with E-state index in [0.29, 0.717) is 0 Å². The Morgan fingerprint density at radius 1 is 1.31 bits per heavy atom. The van der Waals surface area contributed by atoms with E-state index in [1.165, 1.54) is 18.3 Å². The summed E-state index contributed by atoms with van der Waals surface area (Å²) in [6.45, 7) is 4.00. The van der Waals surface area contributed by atoms with Crippen LogP contribution in [-0.4, -0.2) is 4.98 Å². The number of hydrogen-bond acceptors (Lipinski definition) is 1. The van der Waals surface area contributed by atoms with Crippen LogP contribution < -0.4 is 5.43 Å². The monoisotopic (exact) mass is 241 g/mol. The van der Waals surface area contributed by atoms with E-state index in [1.54, 1.807) is 0 Å². The maximum absolute atomic E-state index is 10.7. The average Bonchev–Trinajstić information content (AvgIpc) is 2.06. The van der Waals surface area contributed by atoms with E-state index >= 15 is 0 Å².